The lowest BCUT2D eigenvalue weighted by Crippen LogP contribution is -2.39. The quantitative estimate of drug-likeness (QED) is 0.325. The van der Waals surface area contributed by atoms with Crippen molar-refractivity contribution in [3.8, 4) is 17.2 Å². The predicted octanol–water partition coefficient (Wildman–Crippen LogP) is 2.66. The van der Waals surface area contributed by atoms with Crippen LogP contribution < -0.4 is 29.1 Å². The average molecular weight is 551 g/mol. The largest absolute Gasteiger partial charge is 0.493 e. The minimum atomic E-state index is -0.810. The van der Waals surface area contributed by atoms with E-state index in [1.54, 1.807) is 62.4 Å². The maximum absolute atomic E-state index is 13.8. The number of thiazole rings is 1. The zero-order chi connectivity index (χ0) is 28.3. The first-order valence-corrected chi connectivity index (χ1v) is 12.8. The monoisotopic (exact) mass is 550 g/mol. The van der Waals surface area contributed by atoms with Gasteiger partial charge in [-0.3, -0.25) is 19.0 Å². The molecule has 10 nitrogen and oxygen atoms in total. The number of carbonyl (C=O) groups is 3. The first-order valence-electron chi connectivity index (χ1n) is 12.0. The van der Waals surface area contributed by atoms with Gasteiger partial charge in [-0.1, -0.05) is 29.5 Å². The number of fused-ring (bicyclic) bond motifs is 1. The number of methoxy groups -OCH3 is 1. The van der Waals surface area contributed by atoms with Crippen molar-refractivity contribution >= 4 is 35.3 Å². The lowest BCUT2D eigenvalue weighted by atomic mass is 9.96. The molecule has 1 unspecified atom stereocenters. The van der Waals surface area contributed by atoms with Gasteiger partial charge in [0.15, 0.2) is 16.3 Å². The zero-order valence-electron chi connectivity index (χ0n) is 22.0. The smallest absolute Gasteiger partial charge is 0.338 e. The van der Waals surface area contributed by atoms with Crippen LogP contribution in [0.15, 0.2) is 63.5 Å². The molecule has 4 rings (SSSR count). The fourth-order valence-corrected chi connectivity index (χ4v) is 5.20. The van der Waals surface area contributed by atoms with Gasteiger partial charge in [0.25, 0.3) is 5.56 Å². The molecule has 1 aromatic heterocycles. The van der Waals surface area contributed by atoms with Gasteiger partial charge >= 0.3 is 17.9 Å². The van der Waals surface area contributed by atoms with Crippen LogP contribution in [0, 0.1) is 0 Å². The summed E-state index contributed by atoms with van der Waals surface area (Å²) in [5, 5.41) is 0. The lowest BCUT2D eigenvalue weighted by molar-refractivity contribution is -0.139. The number of hydrogen-bond acceptors (Lipinski definition) is 10. The molecule has 0 amide bonds. The van der Waals surface area contributed by atoms with Gasteiger partial charge < -0.3 is 18.9 Å². The van der Waals surface area contributed by atoms with Gasteiger partial charge in [0.1, 0.15) is 5.75 Å². The Balaban J connectivity index is 1.86. The number of esters is 3. The third-order valence-corrected chi connectivity index (χ3v) is 6.70. The minimum absolute atomic E-state index is 0.156. The van der Waals surface area contributed by atoms with E-state index in [4.69, 9.17) is 18.9 Å². The Morgan fingerprint density at radius 2 is 1.72 bits per heavy atom. The minimum Gasteiger partial charge on any atom is -0.493 e. The number of nitrogens with zero attached hydrogens (tertiary/aromatic N) is 2. The Labute approximate surface area is 227 Å². The number of ether oxygens (including phenoxy) is 4. The van der Waals surface area contributed by atoms with Gasteiger partial charge in [-0.2, -0.15) is 0 Å². The van der Waals surface area contributed by atoms with Crippen molar-refractivity contribution in [3.05, 3.63) is 84.5 Å². The Bertz CT molecular complexity index is 1660. The molecule has 202 valence electrons. The Hall–Kier alpha value is -4.51. The molecule has 0 spiro atoms. The third-order valence-electron chi connectivity index (χ3n) is 5.71. The second-order valence-electron chi connectivity index (χ2n) is 8.47. The van der Waals surface area contributed by atoms with Crippen LogP contribution >= 0.6 is 11.3 Å². The highest BCUT2D eigenvalue weighted by molar-refractivity contribution is 7.07. The number of rotatable bonds is 7. The fraction of sp³-hybridized carbons (Fsp3) is 0.250. The summed E-state index contributed by atoms with van der Waals surface area (Å²) in [6.07, 6.45) is 1.67. The molecule has 0 radical (unpaired) electrons. The molecule has 0 bridgehead atoms. The molecule has 0 aliphatic carbocycles. The molecule has 3 aromatic rings. The highest BCUT2D eigenvalue weighted by Gasteiger charge is 2.33. The molecule has 0 saturated carbocycles. The van der Waals surface area contributed by atoms with Crippen LogP contribution in [0.2, 0.25) is 0 Å². The molecule has 0 N–H and O–H groups in total. The number of carbonyl (C=O) groups excluding carboxylic acids is 3. The van der Waals surface area contributed by atoms with E-state index < -0.39 is 23.9 Å². The third kappa shape index (κ3) is 5.83. The van der Waals surface area contributed by atoms with Crippen molar-refractivity contribution in [1.29, 1.82) is 0 Å². The Morgan fingerprint density at radius 1 is 1.03 bits per heavy atom. The van der Waals surface area contributed by atoms with Crippen molar-refractivity contribution in [2.45, 2.75) is 33.7 Å². The van der Waals surface area contributed by atoms with Gasteiger partial charge in [-0.15, -0.1) is 0 Å². The van der Waals surface area contributed by atoms with E-state index in [2.05, 4.69) is 4.99 Å². The van der Waals surface area contributed by atoms with Crippen LogP contribution in [0.4, 0.5) is 0 Å². The summed E-state index contributed by atoms with van der Waals surface area (Å²) < 4.78 is 22.8. The topological polar surface area (TPSA) is 122 Å². The maximum atomic E-state index is 13.8. The molecule has 0 saturated heterocycles. The molecule has 1 atom stereocenters. The second-order valence-corrected chi connectivity index (χ2v) is 9.48. The van der Waals surface area contributed by atoms with Crippen LogP contribution in [-0.2, 0) is 19.1 Å². The summed E-state index contributed by atoms with van der Waals surface area (Å²) in [7, 11) is 1.45. The Kier molecular flexibility index (Phi) is 8.10. The van der Waals surface area contributed by atoms with Crippen molar-refractivity contribution in [3.63, 3.8) is 0 Å². The summed E-state index contributed by atoms with van der Waals surface area (Å²) in [6, 6.07) is 10.7. The van der Waals surface area contributed by atoms with E-state index in [-0.39, 0.29) is 23.5 Å². The first kappa shape index (κ1) is 27.5. The van der Waals surface area contributed by atoms with Crippen molar-refractivity contribution in [2.75, 3.05) is 13.7 Å². The van der Waals surface area contributed by atoms with Gasteiger partial charge in [0.05, 0.1) is 35.6 Å². The second kappa shape index (κ2) is 11.5. The number of hydrogen-bond donors (Lipinski definition) is 0. The van der Waals surface area contributed by atoms with Crippen LogP contribution in [-0.4, -0.2) is 36.2 Å². The molecule has 11 heteroatoms. The molecule has 2 aromatic carbocycles. The number of benzene rings is 2. The highest BCUT2D eigenvalue weighted by atomic mass is 32.1. The lowest BCUT2D eigenvalue weighted by Gasteiger charge is -2.24. The number of aromatic nitrogens is 1. The molecule has 0 fully saturated rings. The van der Waals surface area contributed by atoms with Crippen LogP contribution in [0.1, 0.15) is 44.9 Å². The van der Waals surface area contributed by atoms with Gasteiger partial charge in [0, 0.05) is 13.8 Å². The molecular formula is C28H26N2O8S. The Morgan fingerprint density at radius 3 is 2.33 bits per heavy atom. The van der Waals surface area contributed by atoms with Gasteiger partial charge in [0.2, 0.25) is 0 Å². The summed E-state index contributed by atoms with van der Waals surface area (Å²) in [5.41, 5.74) is 1.57. The predicted molar refractivity (Wildman–Crippen MR) is 142 cm³/mol. The van der Waals surface area contributed by atoms with E-state index in [0.29, 0.717) is 37.7 Å². The van der Waals surface area contributed by atoms with E-state index in [0.717, 1.165) is 0 Å². The maximum Gasteiger partial charge on any atom is 0.338 e. The number of allylic oxidation sites excluding steroid dienone is 1. The molecule has 39 heavy (non-hydrogen) atoms. The van der Waals surface area contributed by atoms with E-state index >= 15 is 0 Å². The van der Waals surface area contributed by atoms with Crippen molar-refractivity contribution in [2.24, 2.45) is 4.99 Å². The fourth-order valence-electron chi connectivity index (χ4n) is 4.16. The van der Waals surface area contributed by atoms with Crippen LogP contribution in [0.25, 0.3) is 6.08 Å². The molecular weight excluding hydrogens is 524 g/mol. The van der Waals surface area contributed by atoms with Crippen molar-refractivity contribution in [1.82, 2.24) is 4.57 Å². The summed E-state index contributed by atoms with van der Waals surface area (Å²) >= 11 is 1.17. The zero-order valence-corrected chi connectivity index (χ0v) is 22.8. The van der Waals surface area contributed by atoms with E-state index in [9.17, 15) is 19.2 Å². The van der Waals surface area contributed by atoms with Crippen LogP contribution in [0.5, 0.6) is 17.2 Å². The standard InChI is InChI=1S/C28H26N2O8S/c1-6-36-27(34)24-15(2)29-28-30(25(24)19-8-10-20(11-9-19)37-16(3)31)26(33)23(39-28)14-18-7-12-21(38-17(4)32)22(13-18)35-5/h7-14,25H,6H2,1-5H3. The summed E-state index contributed by atoms with van der Waals surface area (Å²) in [5.74, 6) is -0.594. The SMILES string of the molecule is CCOC(=O)C1=C(C)N=c2sc(=Cc3ccc(OC(C)=O)c(OC)c3)c(=O)n2C1c1ccc(OC(C)=O)cc1. The molecule has 2 heterocycles. The highest BCUT2D eigenvalue weighted by Crippen LogP contribution is 2.32. The molecule has 1 aliphatic rings. The summed E-state index contributed by atoms with van der Waals surface area (Å²) in [4.78, 5) is 54.5. The van der Waals surface area contributed by atoms with Gasteiger partial charge in [-0.05, 0) is 55.3 Å². The van der Waals surface area contributed by atoms with E-state index in [1.165, 1.54) is 36.9 Å². The van der Waals surface area contributed by atoms with Crippen LogP contribution in [0.3, 0.4) is 0 Å². The first-order chi connectivity index (χ1) is 18.6. The van der Waals surface area contributed by atoms with Gasteiger partial charge in [-0.25, -0.2) is 9.79 Å². The average Bonchev–Trinajstić information content (AvgIpc) is 3.18. The summed E-state index contributed by atoms with van der Waals surface area (Å²) in [6.45, 7) is 6.15. The van der Waals surface area contributed by atoms with Crippen molar-refractivity contribution < 1.29 is 33.3 Å². The molecule has 1 aliphatic heterocycles. The van der Waals surface area contributed by atoms with E-state index in [1.807, 2.05) is 0 Å². The normalized spacial score (nSPS) is 14.8.